The Hall–Kier alpha value is -1.85. The quantitative estimate of drug-likeness (QED) is 0.735. The molecule has 0 aliphatic heterocycles. The average molecular weight is 223 g/mol. The minimum absolute atomic E-state index is 0.0459. The lowest BCUT2D eigenvalue weighted by Crippen LogP contribution is -2.36. The second-order valence-electron chi connectivity index (χ2n) is 3.49. The van der Waals surface area contributed by atoms with E-state index in [9.17, 15) is 4.79 Å². The fourth-order valence-electron chi connectivity index (χ4n) is 1.15. The van der Waals surface area contributed by atoms with E-state index in [1.165, 1.54) is 0 Å². The molecule has 0 aromatic carbocycles. The van der Waals surface area contributed by atoms with Crippen molar-refractivity contribution in [3.05, 3.63) is 12.3 Å². The molecule has 0 unspecified atom stereocenters. The van der Waals surface area contributed by atoms with Gasteiger partial charge in [-0.3, -0.25) is 4.79 Å². The summed E-state index contributed by atoms with van der Waals surface area (Å²) in [4.78, 5) is 21.1. The fourth-order valence-corrected chi connectivity index (χ4v) is 1.15. The molecular weight excluding hydrogens is 206 g/mol. The van der Waals surface area contributed by atoms with Crippen LogP contribution in [0.3, 0.4) is 0 Å². The van der Waals surface area contributed by atoms with E-state index in [4.69, 9.17) is 5.73 Å². The number of anilines is 2. The van der Waals surface area contributed by atoms with E-state index in [-0.39, 0.29) is 12.5 Å². The summed E-state index contributed by atoms with van der Waals surface area (Å²) in [6.45, 7) is 2.92. The Morgan fingerprint density at radius 1 is 1.62 bits per heavy atom. The summed E-state index contributed by atoms with van der Waals surface area (Å²) in [5.74, 6) is 0.799. The van der Waals surface area contributed by atoms with Crippen molar-refractivity contribution in [2.75, 3.05) is 30.8 Å². The predicted octanol–water partition coefficient (Wildman–Crippen LogP) is 0.0212. The van der Waals surface area contributed by atoms with Crippen molar-refractivity contribution in [1.29, 1.82) is 0 Å². The van der Waals surface area contributed by atoms with Gasteiger partial charge in [0.1, 0.15) is 5.82 Å². The molecule has 1 aromatic heterocycles. The normalized spacial score (nSPS) is 9.88. The maximum atomic E-state index is 11.4. The zero-order valence-electron chi connectivity index (χ0n) is 9.60. The molecule has 1 rings (SSSR count). The highest BCUT2D eigenvalue weighted by atomic mass is 16.2. The number of amides is 1. The van der Waals surface area contributed by atoms with Gasteiger partial charge in [-0.25, -0.2) is 4.98 Å². The van der Waals surface area contributed by atoms with E-state index < -0.39 is 0 Å². The molecule has 6 nitrogen and oxygen atoms in total. The molecule has 1 aromatic rings. The number of aromatic nitrogens is 2. The Balaban J connectivity index is 2.52. The summed E-state index contributed by atoms with van der Waals surface area (Å²) in [5.41, 5.74) is 5.53. The van der Waals surface area contributed by atoms with Gasteiger partial charge in [0.05, 0.1) is 6.54 Å². The first-order valence-corrected chi connectivity index (χ1v) is 5.20. The highest BCUT2D eigenvalue weighted by Crippen LogP contribution is 2.05. The number of carbonyl (C=O) groups is 1. The fraction of sp³-hybridized carbons (Fsp3) is 0.500. The SMILES string of the molecule is CCCNC(=O)CN(C)c1nccc(N)n1. The lowest BCUT2D eigenvalue weighted by Gasteiger charge is -2.16. The lowest BCUT2D eigenvalue weighted by molar-refractivity contribution is -0.119. The molecule has 0 bridgehead atoms. The molecule has 0 radical (unpaired) electrons. The highest BCUT2D eigenvalue weighted by Gasteiger charge is 2.08. The summed E-state index contributed by atoms with van der Waals surface area (Å²) in [6, 6.07) is 1.61. The summed E-state index contributed by atoms with van der Waals surface area (Å²) in [5, 5.41) is 2.78. The smallest absolute Gasteiger partial charge is 0.239 e. The minimum Gasteiger partial charge on any atom is -0.384 e. The van der Waals surface area contributed by atoms with Crippen molar-refractivity contribution in [3.63, 3.8) is 0 Å². The van der Waals surface area contributed by atoms with Crippen LogP contribution in [0.1, 0.15) is 13.3 Å². The molecule has 0 saturated heterocycles. The van der Waals surface area contributed by atoms with Crippen molar-refractivity contribution in [1.82, 2.24) is 15.3 Å². The van der Waals surface area contributed by atoms with Crippen LogP contribution in [0.5, 0.6) is 0 Å². The van der Waals surface area contributed by atoms with Crippen molar-refractivity contribution >= 4 is 17.7 Å². The predicted molar refractivity (Wildman–Crippen MR) is 63.0 cm³/mol. The summed E-state index contributed by atoms with van der Waals surface area (Å²) >= 11 is 0. The standard InChI is InChI=1S/C10H17N5O/c1-3-5-12-9(16)7-15(2)10-13-6-4-8(11)14-10/h4,6H,3,5,7H2,1-2H3,(H,12,16)(H2,11,13,14). The van der Waals surface area contributed by atoms with E-state index in [0.717, 1.165) is 6.42 Å². The molecule has 88 valence electrons. The topological polar surface area (TPSA) is 84.1 Å². The van der Waals surface area contributed by atoms with Gasteiger partial charge >= 0.3 is 0 Å². The Bertz CT molecular complexity index is 355. The first kappa shape index (κ1) is 12.2. The Morgan fingerprint density at radius 3 is 3.00 bits per heavy atom. The van der Waals surface area contributed by atoms with E-state index in [2.05, 4.69) is 15.3 Å². The molecule has 0 spiro atoms. The van der Waals surface area contributed by atoms with Crippen LogP contribution in [0.2, 0.25) is 0 Å². The summed E-state index contributed by atoms with van der Waals surface area (Å²) in [6.07, 6.45) is 2.49. The molecule has 0 saturated carbocycles. The van der Waals surface area contributed by atoms with E-state index in [1.807, 2.05) is 6.92 Å². The van der Waals surface area contributed by atoms with Crippen LogP contribution < -0.4 is 16.0 Å². The monoisotopic (exact) mass is 223 g/mol. The van der Waals surface area contributed by atoms with Crippen LogP contribution in [-0.2, 0) is 4.79 Å². The van der Waals surface area contributed by atoms with E-state index in [0.29, 0.717) is 18.3 Å². The zero-order valence-corrected chi connectivity index (χ0v) is 9.60. The number of carbonyl (C=O) groups excluding carboxylic acids is 1. The van der Waals surface area contributed by atoms with Crippen LogP contribution in [0.25, 0.3) is 0 Å². The van der Waals surface area contributed by atoms with Crippen molar-refractivity contribution in [2.24, 2.45) is 0 Å². The second kappa shape index (κ2) is 5.89. The number of nitrogens with two attached hydrogens (primary N) is 1. The van der Waals surface area contributed by atoms with Gasteiger partial charge in [0.25, 0.3) is 0 Å². The maximum Gasteiger partial charge on any atom is 0.239 e. The number of likely N-dealkylation sites (N-methyl/N-ethyl adjacent to an activating group) is 1. The van der Waals surface area contributed by atoms with Crippen LogP contribution in [0.4, 0.5) is 11.8 Å². The van der Waals surface area contributed by atoms with Crippen molar-refractivity contribution in [2.45, 2.75) is 13.3 Å². The van der Waals surface area contributed by atoms with E-state index in [1.54, 1.807) is 24.2 Å². The summed E-state index contributed by atoms with van der Waals surface area (Å²) in [7, 11) is 1.75. The highest BCUT2D eigenvalue weighted by molar-refractivity contribution is 5.80. The average Bonchev–Trinajstić information content (AvgIpc) is 2.26. The Kier molecular flexibility index (Phi) is 4.50. The molecule has 16 heavy (non-hydrogen) atoms. The van der Waals surface area contributed by atoms with Gasteiger partial charge in [0.2, 0.25) is 11.9 Å². The summed E-state index contributed by atoms with van der Waals surface area (Å²) < 4.78 is 0. The maximum absolute atomic E-state index is 11.4. The van der Waals surface area contributed by atoms with Crippen LogP contribution in [0.15, 0.2) is 12.3 Å². The first-order chi connectivity index (χ1) is 7.63. The largest absolute Gasteiger partial charge is 0.384 e. The number of nitrogens with one attached hydrogen (secondary N) is 1. The number of hydrogen-bond acceptors (Lipinski definition) is 5. The van der Waals surface area contributed by atoms with Gasteiger partial charge in [0.15, 0.2) is 0 Å². The van der Waals surface area contributed by atoms with Gasteiger partial charge in [0, 0.05) is 19.8 Å². The van der Waals surface area contributed by atoms with Gasteiger partial charge in [-0.05, 0) is 12.5 Å². The molecule has 0 fully saturated rings. The molecule has 6 heteroatoms. The third-order valence-corrected chi connectivity index (χ3v) is 1.96. The molecule has 1 heterocycles. The second-order valence-corrected chi connectivity index (χ2v) is 3.49. The molecule has 0 atom stereocenters. The zero-order chi connectivity index (χ0) is 12.0. The van der Waals surface area contributed by atoms with Gasteiger partial charge < -0.3 is 16.0 Å². The number of nitrogens with zero attached hydrogens (tertiary/aromatic N) is 3. The minimum atomic E-state index is -0.0459. The molecular formula is C10H17N5O. The van der Waals surface area contributed by atoms with E-state index >= 15 is 0 Å². The van der Waals surface area contributed by atoms with Crippen LogP contribution in [0, 0.1) is 0 Å². The Labute approximate surface area is 94.9 Å². The third-order valence-electron chi connectivity index (χ3n) is 1.96. The number of nitrogen functional groups attached to an aromatic ring is 1. The number of rotatable bonds is 5. The van der Waals surface area contributed by atoms with Gasteiger partial charge in [-0.1, -0.05) is 6.92 Å². The van der Waals surface area contributed by atoms with Crippen molar-refractivity contribution < 1.29 is 4.79 Å². The Morgan fingerprint density at radius 2 is 2.38 bits per heavy atom. The number of hydrogen-bond donors (Lipinski definition) is 2. The first-order valence-electron chi connectivity index (χ1n) is 5.20. The van der Waals surface area contributed by atoms with Crippen LogP contribution >= 0.6 is 0 Å². The third kappa shape index (κ3) is 3.72. The van der Waals surface area contributed by atoms with Gasteiger partial charge in [-0.2, -0.15) is 4.98 Å². The molecule has 1 amide bonds. The molecule has 0 aliphatic carbocycles. The molecule has 3 N–H and O–H groups in total. The molecule has 0 aliphatic rings. The van der Waals surface area contributed by atoms with Crippen molar-refractivity contribution in [3.8, 4) is 0 Å². The van der Waals surface area contributed by atoms with Crippen LogP contribution in [-0.4, -0.2) is 36.0 Å². The van der Waals surface area contributed by atoms with Gasteiger partial charge in [-0.15, -0.1) is 0 Å². The lowest BCUT2D eigenvalue weighted by atomic mass is 10.4.